The second-order valence-electron chi connectivity index (χ2n) is 2.24. The Bertz CT molecular complexity index is 307. The van der Waals surface area contributed by atoms with Crippen LogP contribution in [0, 0.1) is 0 Å². The van der Waals surface area contributed by atoms with Gasteiger partial charge in [-0.1, -0.05) is 0 Å². The van der Waals surface area contributed by atoms with Crippen LogP contribution >= 0.6 is 0 Å². The summed E-state index contributed by atoms with van der Waals surface area (Å²) in [4.78, 5) is 15.0. The van der Waals surface area contributed by atoms with Gasteiger partial charge in [0.15, 0.2) is 0 Å². The quantitative estimate of drug-likeness (QED) is 0.506. The second kappa shape index (κ2) is 2.20. The fourth-order valence-corrected chi connectivity index (χ4v) is 1.00. The summed E-state index contributed by atoms with van der Waals surface area (Å²) in [6, 6.07) is 0. The number of rotatable bonds is 0. The predicted molar refractivity (Wildman–Crippen MR) is 41.9 cm³/mol. The molecule has 0 spiro atoms. The standard InChI is InChI=1S/C8H6N2O/c11-7-3-5-10-8(7)6-2-1-4-9-6/h1-5,10H. The van der Waals surface area contributed by atoms with E-state index in [1.165, 1.54) is 6.08 Å². The molecule has 0 aromatic carbocycles. The van der Waals surface area contributed by atoms with Crippen molar-refractivity contribution in [3.63, 3.8) is 0 Å². The van der Waals surface area contributed by atoms with Gasteiger partial charge in [0.25, 0.3) is 0 Å². The van der Waals surface area contributed by atoms with E-state index in [0.29, 0.717) is 11.4 Å². The van der Waals surface area contributed by atoms with Crippen molar-refractivity contribution in [1.82, 2.24) is 5.32 Å². The minimum absolute atomic E-state index is 0.0105. The second-order valence-corrected chi connectivity index (χ2v) is 2.24. The average molecular weight is 146 g/mol. The first-order valence-corrected chi connectivity index (χ1v) is 3.30. The Morgan fingerprint density at radius 3 is 2.82 bits per heavy atom. The molecule has 0 saturated heterocycles. The fourth-order valence-electron chi connectivity index (χ4n) is 1.00. The Morgan fingerprint density at radius 2 is 2.27 bits per heavy atom. The first-order chi connectivity index (χ1) is 5.38. The van der Waals surface area contributed by atoms with Crippen LogP contribution in [0.3, 0.4) is 0 Å². The van der Waals surface area contributed by atoms with Gasteiger partial charge in [-0.15, -0.1) is 0 Å². The van der Waals surface area contributed by atoms with Crippen molar-refractivity contribution < 1.29 is 4.79 Å². The van der Waals surface area contributed by atoms with Crippen LogP contribution in [0.4, 0.5) is 0 Å². The number of nitrogens with zero attached hydrogens (tertiary/aromatic N) is 1. The number of ketones is 1. The van der Waals surface area contributed by atoms with Crippen molar-refractivity contribution in [3.8, 4) is 0 Å². The minimum Gasteiger partial charge on any atom is -0.357 e. The summed E-state index contributed by atoms with van der Waals surface area (Å²) in [6.45, 7) is 0. The lowest BCUT2D eigenvalue weighted by Crippen LogP contribution is -2.07. The van der Waals surface area contributed by atoms with Crippen LogP contribution in [-0.4, -0.2) is 12.0 Å². The van der Waals surface area contributed by atoms with Gasteiger partial charge in [0.05, 0.1) is 5.70 Å². The van der Waals surface area contributed by atoms with Crippen LogP contribution in [0.5, 0.6) is 0 Å². The molecule has 0 unspecified atom stereocenters. The van der Waals surface area contributed by atoms with Crippen LogP contribution in [0.15, 0.2) is 40.8 Å². The van der Waals surface area contributed by atoms with Gasteiger partial charge >= 0.3 is 0 Å². The van der Waals surface area contributed by atoms with E-state index in [9.17, 15) is 4.79 Å². The normalized spacial score (nSPS) is 26.7. The first-order valence-electron chi connectivity index (χ1n) is 3.30. The molecule has 2 aliphatic rings. The van der Waals surface area contributed by atoms with Crippen LogP contribution in [0.25, 0.3) is 0 Å². The molecule has 1 N–H and O–H groups in total. The summed E-state index contributed by atoms with van der Waals surface area (Å²) in [5.74, 6) is -0.0105. The summed E-state index contributed by atoms with van der Waals surface area (Å²) in [6.07, 6.45) is 8.37. The first kappa shape index (κ1) is 6.09. The number of carbonyl (C=O) groups excluding carboxylic acids is 1. The van der Waals surface area contributed by atoms with E-state index < -0.39 is 0 Å². The molecule has 0 fully saturated rings. The van der Waals surface area contributed by atoms with Gasteiger partial charge in [-0.2, -0.15) is 0 Å². The highest BCUT2D eigenvalue weighted by Crippen LogP contribution is 2.13. The van der Waals surface area contributed by atoms with Gasteiger partial charge < -0.3 is 5.32 Å². The van der Waals surface area contributed by atoms with Crippen molar-refractivity contribution in [2.45, 2.75) is 0 Å². The Kier molecular flexibility index (Phi) is 1.22. The van der Waals surface area contributed by atoms with E-state index in [0.717, 1.165) is 0 Å². The Balaban J connectivity index is 2.41. The zero-order valence-electron chi connectivity index (χ0n) is 5.74. The molecule has 0 amide bonds. The van der Waals surface area contributed by atoms with E-state index in [1.54, 1.807) is 24.6 Å². The molecule has 0 aromatic heterocycles. The topological polar surface area (TPSA) is 41.5 Å². The van der Waals surface area contributed by atoms with Crippen molar-refractivity contribution in [2.24, 2.45) is 4.99 Å². The molecular weight excluding hydrogens is 140 g/mol. The third-order valence-electron chi connectivity index (χ3n) is 1.52. The molecule has 11 heavy (non-hydrogen) atoms. The maximum absolute atomic E-state index is 11.0. The van der Waals surface area contributed by atoms with Gasteiger partial charge in [0, 0.05) is 18.5 Å². The third-order valence-corrected chi connectivity index (χ3v) is 1.52. The summed E-state index contributed by atoms with van der Waals surface area (Å²) in [7, 11) is 0. The van der Waals surface area contributed by atoms with Gasteiger partial charge in [-0.3, -0.25) is 9.79 Å². The largest absolute Gasteiger partial charge is 0.357 e. The smallest absolute Gasteiger partial charge is 0.205 e. The van der Waals surface area contributed by atoms with Crippen LogP contribution in [0.1, 0.15) is 0 Å². The Hall–Kier alpha value is -1.64. The number of hydrogen-bond donors (Lipinski definition) is 1. The lowest BCUT2D eigenvalue weighted by Gasteiger charge is -1.96. The number of nitrogens with one attached hydrogen (secondary N) is 1. The van der Waals surface area contributed by atoms with Crippen molar-refractivity contribution >= 4 is 12.0 Å². The molecule has 3 heteroatoms. The molecule has 0 radical (unpaired) electrons. The van der Waals surface area contributed by atoms with Gasteiger partial charge in [0.2, 0.25) is 5.78 Å². The molecule has 0 atom stereocenters. The van der Waals surface area contributed by atoms with Crippen LogP contribution in [-0.2, 0) is 4.79 Å². The van der Waals surface area contributed by atoms with Gasteiger partial charge in [-0.25, -0.2) is 0 Å². The number of allylic oxidation sites excluding steroid dienone is 3. The molecule has 0 bridgehead atoms. The zero-order valence-corrected chi connectivity index (χ0v) is 5.74. The summed E-state index contributed by atoms with van der Waals surface area (Å²) < 4.78 is 0. The number of hydrogen-bond acceptors (Lipinski definition) is 3. The molecule has 2 rings (SSSR count). The molecule has 54 valence electrons. The molecule has 0 aromatic rings. The van der Waals surface area contributed by atoms with Crippen molar-refractivity contribution in [1.29, 1.82) is 0 Å². The Morgan fingerprint density at radius 1 is 1.36 bits per heavy atom. The number of carbonyl (C=O) groups is 1. The average Bonchev–Trinajstić information content (AvgIpc) is 2.55. The molecule has 0 aliphatic carbocycles. The maximum atomic E-state index is 11.0. The SMILES string of the molecule is O=C1C=CNC1=C1C=CC=N1. The maximum Gasteiger partial charge on any atom is 0.205 e. The summed E-state index contributed by atoms with van der Waals surface area (Å²) in [5, 5.41) is 2.83. The lowest BCUT2D eigenvalue weighted by atomic mass is 10.2. The molecule has 3 nitrogen and oxygen atoms in total. The molecular formula is C8H6N2O. The van der Waals surface area contributed by atoms with Gasteiger partial charge in [0.1, 0.15) is 5.70 Å². The Labute approximate surface area is 63.8 Å². The highest BCUT2D eigenvalue weighted by atomic mass is 16.1. The lowest BCUT2D eigenvalue weighted by molar-refractivity contribution is -0.111. The monoisotopic (exact) mass is 146 g/mol. The predicted octanol–water partition coefficient (Wildman–Crippen LogP) is 0.525. The van der Waals surface area contributed by atoms with Gasteiger partial charge in [-0.05, 0) is 12.2 Å². The van der Waals surface area contributed by atoms with E-state index in [2.05, 4.69) is 10.3 Å². The summed E-state index contributed by atoms with van der Waals surface area (Å²) in [5.41, 5.74) is 1.27. The minimum atomic E-state index is -0.0105. The highest BCUT2D eigenvalue weighted by molar-refractivity contribution is 6.07. The zero-order chi connectivity index (χ0) is 7.68. The highest BCUT2D eigenvalue weighted by Gasteiger charge is 2.14. The molecule has 0 saturated carbocycles. The van der Waals surface area contributed by atoms with E-state index >= 15 is 0 Å². The summed E-state index contributed by atoms with van der Waals surface area (Å²) >= 11 is 0. The van der Waals surface area contributed by atoms with Crippen LogP contribution in [0.2, 0.25) is 0 Å². The molecule has 2 aliphatic heterocycles. The van der Waals surface area contributed by atoms with E-state index in [1.807, 2.05) is 0 Å². The van der Waals surface area contributed by atoms with E-state index in [4.69, 9.17) is 0 Å². The molecule has 2 heterocycles. The van der Waals surface area contributed by atoms with Crippen molar-refractivity contribution in [3.05, 3.63) is 35.8 Å². The number of aliphatic imine (C=N–C) groups is 1. The fraction of sp³-hybridized carbons (Fsp3) is 0. The van der Waals surface area contributed by atoms with Crippen LogP contribution < -0.4 is 5.32 Å². The van der Waals surface area contributed by atoms with E-state index in [-0.39, 0.29) is 5.78 Å². The third kappa shape index (κ3) is 0.902. The van der Waals surface area contributed by atoms with Crippen molar-refractivity contribution in [2.75, 3.05) is 0 Å².